The van der Waals surface area contributed by atoms with E-state index in [1.165, 1.54) is 17.8 Å². The molecule has 0 atom stereocenters. The summed E-state index contributed by atoms with van der Waals surface area (Å²) in [5, 5.41) is 2.00. The summed E-state index contributed by atoms with van der Waals surface area (Å²) in [5.74, 6) is 1.52. The van der Waals surface area contributed by atoms with Crippen LogP contribution >= 0.6 is 11.3 Å². The fourth-order valence-corrected chi connectivity index (χ4v) is 2.99. The Morgan fingerprint density at radius 3 is 3.00 bits per heavy atom. The summed E-state index contributed by atoms with van der Waals surface area (Å²) in [5.41, 5.74) is 8.03. The summed E-state index contributed by atoms with van der Waals surface area (Å²) in [6, 6.07) is 7.98. The zero-order valence-electron chi connectivity index (χ0n) is 10.3. The molecule has 0 radical (unpaired) electrons. The van der Waals surface area contributed by atoms with Crippen LogP contribution in [0.25, 0.3) is 11.3 Å². The molecule has 18 heavy (non-hydrogen) atoms. The van der Waals surface area contributed by atoms with Crippen LogP contribution < -0.4 is 10.5 Å². The average molecular weight is 260 g/mol. The second kappa shape index (κ2) is 4.61. The molecule has 0 unspecified atom stereocenters. The quantitative estimate of drug-likeness (QED) is 0.912. The zero-order valence-corrected chi connectivity index (χ0v) is 11.2. The summed E-state index contributed by atoms with van der Waals surface area (Å²) in [4.78, 5) is 4.68. The van der Waals surface area contributed by atoms with E-state index < -0.39 is 0 Å². The van der Waals surface area contributed by atoms with Gasteiger partial charge in [0.15, 0.2) is 0 Å². The van der Waals surface area contributed by atoms with Crippen molar-refractivity contribution in [2.24, 2.45) is 0 Å². The number of hydrogen-bond donors (Lipinski definition) is 1. The van der Waals surface area contributed by atoms with Crippen LogP contribution in [0.2, 0.25) is 0 Å². The first-order valence-electron chi connectivity index (χ1n) is 6.27. The predicted octanol–water partition coefficient (Wildman–Crippen LogP) is 3.67. The Morgan fingerprint density at radius 1 is 1.44 bits per heavy atom. The number of nitrogen functional groups attached to an aromatic ring is 1. The predicted molar refractivity (Wildman–Crippen MR) is 75.1 cm³/mol. The maximum absolute atomic E-state index is 6.08. The molecule has 2 aromatic rings. The Balaban J connectivity index is 1.95. The van der Waals surface area contributed by atoms with Gasteiger partial charge in [0.2, 0.25) is 0 Å². The van der Waals surface area contributed by atoms with Crippen LogP contribution in [0.5, 0.6) is 5.75 Å². The first-order valence-corrected chi connectivity index (χ1v) is 7.09. The normalized spacial score (nSPS) is 14.7. The molecule has 0 spiro atoms. The van der Waals surface area contributed by atoms with Crippen molar-refractivity contribution in [1.82, 2.24) is 4.98 Å². The highest BCUT2D eigenvalue weighted by molar-refractivity contribution is 7.16. The van der Waals surface area contributed by atoms with Crippen molar-refractivity contribution in [3.05, 3.63) is 29.3 Å². The average Bonchev–Trinajstić information content (AvgIpc) is 3.14. The Bertz CT molecular complexity index is 561. The molecular formula is C14H16N2OS. The Kier molecular flexibility index (Phi) is 2.96. The van der Waals surface area contributed by atoms with Gasteiger partial charge in [-0.2, -0.15) is 0 Å². The molecule has 1 fully saturated rings. The highest BCUT2D eigenvalue weighted by Gasteiger charge is 2.28. The molecule has 1 aromatic heterocycles. The molecule has 3 rings (SSSR count). The minimum atomic E-state index is 0.654. The van der Waals surface area contributed by atoms with Gasteiger partial charge in [0.05, 0.1) is 11.6 Å². The van der Waals surface area contributed by atoms with Crippen molar-refractivity contribution in [2.75, 3.05) is 12.3 Å². The monoisotopic (exact) mass is 260 g/mol. The van der Waals surface area contributed by atoms with Crippen LogP contribution in [0.1, 0.15) is 30.7 Å². The second-order valence-corrected chi connectivity index (χ2v) is 5.56. The fraction of sp³-hybridized carbons (Fsp3) is 0.357. The number of aromatic nitrogens is 1. The van der Waals surface area contributed by atoms with Gasteiger partial charge in [0.25, 0.3) is 0 Å². The third-order valence-corrected chi connectivity index (χ3v) is 4.06. The number of thiazole rings is 1. The summed E-state index contributed by atoms with van der Waals surface area (Å²) in [7, 11) is 0. The van der Waals surface area contributed by atoms with Gasteiger partial charge in [-0.3, -0.25) is 0 Å². The highest BCUT2D eigenvalue weighted by Crippen LogP contribution is 2.45. The first kappa shape index (κ1) is 11.5. The molecule has 0 amide bonds. The molecule has 4 heteroatoms. The van der Waals surface area contributed by atoms with Crippen LogP contribution in [0.4, 0.5) is 5.00 Å². The smallest absolute Gasteiger partial charge is 0.119 e. The molecule has 1 heterocycles. The molecule has 0 saturated heterocycles. The molecule has 1 aliphatic rings. The van der Waals surface area contributed by atoms with E-state index in [0.29, 0.717) is 12.5 Å². The lowest BCUT2D eigenvalue weighted by Gasteiger charge is -2.04. The number of benzene rings is 1. The zero-order chi connectivity index (χ0) is 12.5. The maximum Gasteiger partial charge on any atom is 0.119 e. The van der Waals surface area contributed by atoms with E-state index in [4.69, 9.17) is 10.5 Å². The number of hydrogen-bond acceptors (Lipinski definition) is 4. The molecule has 1 aromatic carbocycles. The fourth-order valence-electron chi connectivity index (χ4n) is 1.96. The van der Waals surface area contributed by atoms with Crippen LogP contribution in [0.15, 0.2) is 24.3 Å². The molecule has 1 saturated carbocycles. The lowest BCUT2D eigenvalue weighted by atomic mass is 10.1. The van der Waals surface area contributed by atoms with E-state index in [-0.39, 0.29) is 0 Å². The number of nitrogens with two attached hydrogens (primary N) is 1. The molecular weight excluding hydrogens is 244 g/mol. The van der Waals surface area contributed by atoms with Crippen molar-refractivity contribution in [2.45, 2.75) is 25.7 Å². The summed E-state index contributed by atoms with van der Waals surface area (Å²) in [6.45, 7) is 2.65. The van der Waals surface area contributed by atoms with Crippen LogP contribution in [0.3, 0.4) is 0 Å². The van der Waals surface area contributed by atoms with Crippen LogP contribution in [-0.4, -0.2) is 11.6 Å². The van der Waals surface area contributed by atoms with Gasteiger partial charge >= 0.3 is 0 Å². The number of anilines is 1. The van der Waals surface area contributed by atoms with E-state index in [1.807, 2.05) is 31.2 Å². The summed E-state index contributed by atoms with van der Waals surface area (Å²) < 4.78 is 5.51. The first-order chi connectivity index (χ1) is 8.78. The Labute approximate surface area is 111 Å². The molecule has 3 nitrogen and oxygen atoms in total. The van der Waals surface area contributed by atoms with E-state index in [9.17, 15) is 0 Å². The minimum Gasteiger partial charge on any atom is -0.494 e. The summed E-state index contributed by atoms with van der Waals surface area (Å²) >= 11 is 1.62. The van der Waals surface area contributed by atoms with Crippen molar-refractivity contribution in [1.29, 1.82) is 0 Å². The topological polar surface area (TPSA) is 48.1 Å². The van der Waals surface area contributed by atoms with E-state index in [0.717, 1.165) is 22.0 Å². The molecule has 0 bridgehead atoms. The van der Waals surface area contributed by atoms with Gasteiger partial charge in [-0.15, -0.1) is 11.3 Å². The molecule has 0 aliphatic heterocycles. The molecule has 1 aliphatic carbocycles. The van der Waals surface area contributed by atoms with Crippen molar-refractivity contribution in [3.8, 4) is 17.0 Å². The van der Waals surface area contributed by atoms with Crippen LogP contribution in [0, 0.1) is 0 Å². The van der Waals surface area contributed by atoms with Gasteiger partial charge < -0.3 is 10.5 Å². The van der Waals surface area contributed by atoms with Gasteiger partial charge in [-0.25, -0.2) is 4.98 Å². The maximum atomic E-state index is 6.08. The van der Waals surface area contributed by atoms with Crippen molar-refractivity contribution in [3.63, 3.8) is 0 Å². The van der Waals surface area contributed by atoms with Gasteiger partial charge in [0.1, 0.15) is 16.4 Å². The summed E-state index contributed by atoms with van der Waals surface area (Å²) in [6.07, 6.45) is 2.51. The van der Waals surface area contributed by atoms with Crippen molar-refractivity contribution >= 4 is 16.3 Å². The lowest BCUT2D eigenvalue weighted by molar-refractivity contribution is 0.340. The Hall–Kier alpha value is -1.55. The minimum absolute atomic E-state index is 0.654. The molecule has 94 valence electrons. The second-order valence-electron chi connectivity index (χ2n) is 4.50. The number of ether oxygens (including phenoxy) is 1. The standard InChI is InChI=1S/C14H16N2OS/c1-2-17-11-5-3-4-10(8-11)12-13(15)18-14(16-12)9-6-7-9/h3-5,8-9H,2,6-7,15H2,1H3. The largest absolute Gasteiger partial charge is 0.494 e. The van der Waals surface area contributed by atoms with E-state index in [1.54, 1.807) is 11.3 Å². The van der Waals surface area contributed by atoms with Gasteiger partial charge in [0, 0.05) is 11.5 Å². The Morgan fingerprint density at radius 2 is 2.28 bits per heavy atom. The van der Waals surface area contributed by atoms with Gasteiger partial charge in [-0.1, -0.05) is 12.1 Å². The molecule has 2 N–H and O–H groups in total. The third-order valence-electron chi connectivity index (χ3n) is 3.01. The van der Waals surface area contributed by atoms with Gasteiger partial charge in [-0.05, 0) is 31.9 Å². The van der Waals surface area contributed by atoms with E-state index in [2.05, 4.69) is 4.98 Å². The van der Waals surface area contributed by atoms with Crippen molar-refractivity contribution < 1.29 is 4.74 Å². The lowest BCUT2D eigenvalue weighted by Crippen LogP contribution is -1.92. The number of rotatable bonds is 4. The number of nitrogens with zero attached hydrogens (tertiary/aromatic N) is 1. The van der Waals surface area contributed by atoms with Crippen LogP contribution in [-0.2, 0) is 0 Å². The van der Waals surface area contributed by atoms with E-state index >= 15 is 0 Å². The highest BCUT2D eigenvalue weighted by atomic mass is 32.1. The SMILES string of the molecule is CCOc1cccc(-c2nc(C3CC3)sc2N)c1. The third kappa shape index (κ3) is 2.20.